The van der Waals surface area contributed by atoms with E-state index in [1.165, 1.54) is 24.5 Å². The van der Waals surface area contributed by atoms with Gasteiger partial charge in [0.25, 0.3) is 0 Å². The van der Waals surface area contributed by atoms with Crippen molar-refractivity contribution in [1.29, 1.82) is 5.26 Å². The number of H-pyrrole nitrogens is 1. The van der Waals surface area contributed by atoms with Crippen molar-refractivity contribution in [2.75, 3.05) is 0 Å². The topological polar surface area (TPSA) is 85.8 Å². The Hall–Kier alpha value is -3.99. The largest absolute Gasteiger partial charge is 0.508 e. The molecule has 4 aromatic rings. The first kappa shape index (κ1) is 18.1. The van der Waals surface area contributed by atoms with Gasteiger partial charge in [0.05, 0.1) is 35.0 Å². The number of nitriles is 1. The maximum atomic E-state index is 13.7. The summed E-state index contributed by atoms with van der Waals surface area (Å²) in [5, 5.41) is 27.1. The number of hydrogen-bond acceptors (Lipinski definition) is 4. The third-order valence-electron chi connectivity index (χ3n) is 5.28. The van der Waals surface area contributed by atoms with E-state index in [-0.39, 0.29) is 22.5 Å². The van der Waals surface area contributed by atoms with Gasteiger partial charge in [-0.05, 0) is 58.7 Å². The summed E-state index contributed by atoms with van der Waals surface area (Å²) in [4.78, 5) is 0. The number of aromatic amines is 1. The Kier molecular flexibility index (Phi) is 3.77. The summed E-state index contributed by atoms with van der Waals surface area (Å²) in [7, 11) is 0. The molecule has 2 aromatic heterocycles. The highest BCUT2D eigenvalue weighted by Gasteiger charge is 2.40. The van der Waals surface area contributed by atoms with Gasteiger partial charge in [0.15, 0.2) is 0 Å². The fourth-order valence-electron chi connectivity index (χ4n) is 3.99. The van der Waals surface area contributed by atoms with E-state index in [1.54, 1.807) is 18.3 Å². The van der Waals surface area contributed by atoms with Crippen molar-refractivity contribution in [3.05, 3.63) is 82.4 Å². The molecule has 148 valence electrons. The molecule has 5 nitrogen and oxygen atoms in total. The number of aromatic nitrogens is 2. The minimum atomic E-state index is -4.66. The molecule has 0 aliphatic heterocycles. The normalized spacial score (nSPS) is 15.8. The van der Waals surface area contributed by atoms with E-state index in [2.05, 4.69) is 10.2 Å². The summed E-state index contributed by atoms with van der Waals surface area (Å²) in [6, 6.07) is 10.9. The number of furan rings is 1. The van der Waals surface area contributed by atoms with Gasteiger partial charge >= 0.3 is 6.18 Å². The highest BCUT2D eigenvalue weighted by atomic mass is 19.4. The first-order valence-electron chi connectivity index (χ1n) is 8.93. The number of alkyl halides is 3. The Balaban J connectivity index is 1.80. The molecular formula is C22H12F3N3O2. The average molecular weight is 407 g/mol. The van der Waals surface area contributed by atoms with E-state index in [9.17, 15) is 23.5 Å². The lowest BCUT2D eigenvalue weighted by molar-refractivity contribution is -0.137. The van der Waals surface area contributed by atoms with Crippen LogP contribution in [0.15, 0.2) is 53.3 Å². The first-order chi connectivity index (χ1) is 14.4. The second kappa shape index (κ2) is 6.26. The molecule has 1 aliphatic rings. The predicted molar refractivity (Wildman–Crippen MR) is 102 cm³/mol. The van der Waals surface area contributed by atoms with Gasteiger partial charge in [0.1, 0.15) is 17.6 Å². The summed E-state index contributed by atoms with van der Waals surface area (Å²) >= 11 is 0. The van der Waals surface area contributed by atoms with Gasteiger partial charge in [-0.1, -0.05) is 6.07 Å². The molecule has 1 unspecified atom stereocenters. The lowest BCUT2D eigenvalue weighted by atomic mass is 9.87. The summed E-state index contributed by atoms with van der Waals surface area (Å²) in [5.74, 6) is -1.05. The van der Waals surface area contributed by atoms with Crippen LogP contribution in [0.5, 0.6) is 5.75 Å². The molecule has 0 spiro atoms. The second-order valence-electron chi connectivity index (χ2n) is 7.01. The van der Waals surface area contributed by atoms with E-state index >= 15 is 0 Å². The van der Waals surface area contributed by atoms with Crippen LogP contribution in [0, 0.1) is 11.3 Å². The van der Waals surface area contributed by atoms with Crippen LogP contribution in [0.3, 0.4) is 0 Å². The number of benzene rings is 2. The van der Waals surface area contributed by atoms with Crippen molar-refractivity contribution in [3.63, 3.8) is 0 Å². The van der Waals surface area contributed by atoms with E-state index in [1.807, 2.05) is 12.1 Å². The van der Waals surface area contributed by atoms with Crippen LogP contribution in [0.25, 0.3) is 22.6 Å². The lowest BCUT2D eigenvalue weighted by Gasteiger charge is -2.17. The quantitative estimate of drug-likeness (QED) is 0.463. The third kappa shape index (κ3) is 2.67. The standard InChI is InChI=1S/C22H12F3N3O2/c23-22(24,25)18-7-14(29)6-17-16(18)8-15(20(17)21-12(9-26)3-4-30-21)11-1-2-19-13(5-11)10-27-28-19/h1-8,10,20,29H,(H,27,28). The fraction of sp³-hybridized carbons (Fsp3) is 0.0909. The summed E-state index contributed by atoms with van der Waals surface area (Å²) < 4.78 is 46.7. The van der Waals surface area contributed by atoms with Crippen LogP contribution >= 0.6 is 0 Å². The van der Waals surface area contributed by atoms with Crippen LogP contribution in [0.2, 0.25) is 0 Å². The van der Waals surface area contributed by atoms with Gasteiger partial charge in [-0.15, -0.1) is 0 Å². The van der Waals surface area contributed by atoms with Gasteiger partial charge < -0.3 is 9.52 Å². The number of rotatable bonds is 2. The summed E-state index contributed by atoms with van der Waals surface area (Å²) in [6.45, 7) is 0. The minimum absolute atomic E-state index is 0.0483. The van der Waals surface area contributed by atoms with Gasteiger partial charge in [-0.2, -0.15) is 23.5 Å². The van der Waals surface area contributed by atoms with Crippen LogP contribution in [0.4, 0.5) is 13.2 Å². The molecule has 8 heteroatoms. The Morgan fingerprint density at radius 2 is 2.00 bits per heavy atom. The first-order valence-corrected chi connectivity index (χ1v) is 8.93. The minimum Gasteiger partial charge on any atom is -0.508 e. The average Bonchev–Trinajstić information content (AvgIpc) is 3.42. The Bertz CT molecular complexity index is 1370. The number of phenolic OH excluding ortho intramolecular Hbond substituents is 1. The van der Waals surface area contributed by atoms with Crippen molar-refractivity contribution in [2.45, 2.75) is 12.1 Å². The number of hydrogen-bond donors (Lipinski definition) is 2. The smallest absolute Gasteiger partial charge is 0.417 e. The Morgan fingerprint density at radius 1 is 1.17 bits per heavy atom. The summed E-state index contributed by atoms with van der Waals surface area (Å²) in [5.41, 5.74) is 1.46. The zero-order chi connectivity index (χ0) is 21.0. The van der Waals surface area contributed by atoms with Crippen molar-refractivity contribution in [2.24, 2.45) is 0 Å². The Morgan fingerprint density at radius 3 is 2.77 bits per heavy atom. The molecule has 0 amide bonds. The number of phenols is 1. The number of fused-ring (bicyclic) bond motifs is 2. The van der Waals surface area contributed by atoms with Gasteiger partial charge in [-0.25, -0.2) is 0 Å². The monoisotopic (exact) mass is 407 g/mol. The number of nitrogens with one attached hydrogen (secondary N) is 1. The van der Waals surface area contributed by atoms with Crippen LogP contribution in [0.1, 0.15) is 39.5 Å². The number of allylic oxidation sites excluding steroid dienone is 1. The third-order valence-corrected chi connectivity index (χ3v) is 5.28. The molecular weight excluding hydrogens is 395 g/mol. The van der Waals surface area contributed by atoms with E-state index < -0.39 is 23.4 Å². The zero-order valence-corrected chi connectivity index (χ0v) is 15.2. The molecule has 1 atom stereocenters. The van der Waals surface area contributed by atoms with Crippen LogP contribution in [-0.2, 0) is 6.18 Å². The van der Waals surface area contributed by atoms with E-state index in [0.717, 1.165) is 10.9 Å². The maximum absolute atomic E-state index is 13.7. The molecule has 0 bridgehead atoms. The van der Waals surface area contributed by atoms with Gasteiger partial charge in [0, 0.05) is 5.39 Å². The van der Waals surface area contributed by atoms with Crippen molar-refractivity contribution < 1.29 is 22.7 Å². The Labute approximate surface area is 167 Å². The molecule has 1 aliphatic carbocycles. The fourth-order valence-corrected chi connectivity index (χ4v) is 3.99. The molecule has 5 rings (SSSR count). The maximum Gasteiger partial charge on any atom is 0.417 e. The highest BCUT2D eigenvalue weighted by Crippen LogP contribution is 2.51. The molecule has 0 saturated carbocycles. The number of halogens is 3. The molecule has 30 heavy (non-hydrogen) atoms. The van der Waals surface area contributed by atoms with Gasteiger partial charge in [-0.3, -0.25) is 5.10 Å². The number of aromatic hydroxyl groups is 1. The molecule has 0 fully saturated rings. The highest BCUT2D eigenvalue weighted by molar-refractivity contribution is 5.97. The van der Waals surface area contributed by atoms with E-state index in [4.69, 9.17) is 4.42 Å². The predicted octanol–water partition coefficient (Wildman–Crippen LogP) is 5.44. The molecule has 0 saturated heterocycles. The van der Waals surface area contributed by atoms with Crippen molar-refractivity contribution >= 4 is 22.6 Å². The van der Waals surface area contributed by atoms with Crippen LogP contribution < -0.4 is 0 Å². The number of nitrogens with zero attached hydrogens (tertiary/aromatic N) is 2. The van der Waals surface area contributed by atoms with Crippen LogP contribution in [-0.4, -0.2) is 15.3 Å². The molecule has 2 heterocycles. The molecule has 2 aromatic carbocycles. The van der Waals surface area contributed by atoms with Gasteiger partial charge in [0.2, 0.25) is 0 Å². The van der Waals surface area contributed by atoms with Crippen molar-refractivity contribution in [3.8, 4) is 11.8 Å². The zero-order valence-electron chi connectivity index (χ0n) is 15.2. The molecule has 0 radical (unpaired) electrons. The SMILES string of the molecule is N#Cc1ccoc1C1C(c2ccc3[nH]ncc3c2)=Cc2c1cc(O)cc2C(F)(F)F. The lowest BCUT2D eigenvalue weighted by Crippen LogP contribution is -2.09. The summed E-state index contributed by atoms with van der Waals surface area (Å²) in [6.07, 6.45) is -0.254. The van der Waals surface area contributed by atoms with Crippen molar-refractivity contribution in [1.82, 2.24) is 10.2 Å². The molecule has 2 N–H and O–H groups in total. The van der Waals surface area contributed by atoms with E-state index in [0.29, 0.717) is 17.2 Å². The second-order valence-corrected chi connectivity index (χ2v) is 7.01.